The Morgan fingerprint density at radius 3 is 2.80 bits per heavy atom. The molecule has 128 valence electrons. The maximum atomic E-state index is 12.0. The summed E-state index contributed by atoms with van der Waals surface area (Å²) in [6.45, 7) is 0. The molecule has 0 fully saturated rings. The van der Waals surface area contributed by atoms with Gasteiger partial charge in [-0.15, -0.1) is 0 Å². The summed E-state index contributed by atoms with van der Waals surface area (Å²) in [6, 6.07) is 14.9. The average Bonchev–Trinajstić information content (AvgIpc) is 3.10. The first-order valence-electron chi connectivity index (χ1n) is 7.42. The van der Waals surface area contributed by atoms with Crippen molar-refractivity contribution in [3.63, 3.8) is 0 Å². The lowest BCUT2D eigenvalue weighted by atomic mass is 10.2. The normalized spacial score (nSPS) is 10.5. The van der Waals surface area contributed by atoms with E-state index < -0.39 is 0 Å². The van der Waals surface area contributed by atoms with Gasteiger partial charge in [-0.2, -0.15) is 0 Å². The Labute approximate surface area is 157 Å². The molecule has 7 heteroatoms. The average molecular weight is 419 g/mol. The molecule has 1 heterocycles. The Balaban J connectivity index is 1.55. The number of methoxy groups -OCH3 is 1. The molecule has 25 heavy (non-hydrogen) atoms. The largest absolute Gasteiger partial charge is 0.497 e. The van der Waals surface area contributed by atoms with Crippen molar-refractivity contribution in [1.82, 2.24) is 4.98 Å². The first-order chi connectivity index (χ1) is 12.1. The second-order valence-electron chi connectivity index (χ2n) is 5.07. The first kappa shape index (κ1) is 17.6. The Morgan fingerprint density at radius 2 is 2.08 bits per heavy atom. The molecule has 0 saturated carbocycles. The number of hydrogen-bond acceptors (Lipinski definition) is 5. The number of ether oxygens (including phenoxy) is 1. The summed E-state index contributed by atoms with van der Waals surface area (Å²) >= 11 is 4.68. The van der Waals surface area contributed by atoms with E-state index in [0.29, 0.717) is 16.7 Å². The van der Waals surface area contributed by atoms with Gasteiger partial charge in [0.05, 0.1) is 19.1 Å². The number of amides is 1. The van der Waals surface area contributed by atoms with Crippen LogP contribution in [0.5, 0.6) is 5.75 Å². The van der Waals surface area contributed by atoms with Crippen LogP contribution in [0, 0.1) is 0 Å². The molecule has 0 aliphatic rings. The molecular formula is C18H15BrN2O3S. The van der Waals surface area contributed by atoms with Crippen LogP contribution in [0.2, 0.25) is 0 Å². The number of rotatable bonds is 6. The maximum absolute atomic E-state index is 12.0. The van der Waals surface area contributed by atoms with Gasteiger partial charge in [0.1, 0.15) is 5.75 Å². The van der Waals surface area contributed by atoms with Gasteiger partial charge in [0.25, 0.3) is 5.22 Å². The van der Waals surface area contributed by atoms with Crippen LogP contribution in [0.1, 0.15) is 0 Å². The van der Waals surface area contributed by atoms with E-state index in [2.05, 4.69) is 26.2 Å². The van der Waals surface area contributed by atoms with Gasteiger partial charge in [-0.25, -0.2) is 4.98 Å². The van der Waals surface area contributed by atoms with Crippen molar-refractivity contribution < 1.29 is 13.9 Å². The summed E-state index contributed by atoms with van der Waals surface area (Å²) in [5.74, 6) is 1.49. The smallest absolute Gasteiger partial charge is 0.256 e. The van der Waals surface area contributed by atoms with Crippen molar-refractivity contribution in [2.24, 2.45) is 0 Å². The molecule has 0 spiro atoms. The second-order valence-corrected chi connectivity index (χ2v) is 6.91. The molecule has 1 N–H and O–H groups in total. The number of benzene rings is 2. The van der Waals surface area contributed by atoms with Crippen molar-refractivity contribution in [3.8, 4) is 17.1 Å². The zero-order valence-electron chi connectivity index (χ0n) is 13.4. The standard InChI is InChI=1S/C18H15BrN2O3S/c1-23-15-7-5-14(6-8-15)21-17(22)11-25-18-20-10-16(24-18)12-3-2-4-13(19)9-12/h2-10H,11H2,1H3,(H,21,22). The summed E-state index contributed by atoms with van der Waals surface area (Å²) in [7, 11) is 1.60. The quantitative estimate of drug-likeness (QED) is 0.579. The number of hydrogen-bond donors (Lipinski definition) is 1. The van der Waals surface area contributed by atoms with Crippen LogP contribution >= 0.6 is 27.7 Å². The minimum atomic E-state index is -0.127. The van der Waals surface area contributed by atoms with Gasteiger partial charge in [-0.05, 0) is 36.4 Å². The van der Waals surface area contributed by atoms with Crippen LogP contribution in [0.3, 0.4) is 0 Å². The Kier molecular flexibility index (Phi) is 5.78. The summed E-state index contributed by atoms with van der Waals surface area (Å²) in [6.07, 6.45) is 1.66. The topological polar surface area (TPSA) is 64.4 Å². The number of anilines is 1. The highest BCUT2D eigenvalue weighted by atomic mass is 79.9. The van der Waals surface area contributed by atoms with E-state index in [1.807, 2.05) is 24.3 Å². The minimum absolute atomic E-state index is 0.127. The molecule has 1 amide bonds. The van der Waals surface area contributed by atoms with Crippen molar-refractivity contribution in [3.05, 3.63) is 59.2 Å². The summed E-state index contributed by atoms with van der Waals surface area (Å²) < 4.78 is 11.7. The third-order valence-electron chi connectivity index (χ3n) is 3.29. The first-order valence-corrected chi connectivity index (χ1v) is 9.20. The SMILES string of the molecule is COc1ccc(NC(=O)CSc2ncc(-c3cccc(Br)c3)o2)cc1. The van der Waals surface area contributed by atoms with Crippen LogP contribution in [0.15, 0.2) is 68.8 Å². The lowest BCUT2D eigenvalue weighted by Crippen LogP contribution is -2.13. The van der Waals surface area contributed by atoms with E-state index in [1.54, 1.807) is 37.6 Å². The Bertz CT molecular complexity index is 865. The van der Waals surface area contributed by atoms with E-state index in [4.69, 9.17) is 9.15 Å². The minimum Gasteiger partial charge on any atom is -0.497 e. The predicted octanol–water partition coefficient (Wildman–Crippen LogP) is 4.84. The highest BCUT2D eigenvalue weighted by Crippen LogP contribution is 2.27. The molecule has 2 aromatic carbocycles. The number of carbonyl (C=O) groups excluding carboxylic acids is 1. The highest BCUT2D eigenvalue weighted by molar-refractivity contribution is 9.10. The molecule has 0 aliphatic heterocycles. The van der Waals surface area contributed by atoms with Crippen LogP contribution in [0.25, 0.3) is 11.3 Å². The van der Waals surface area contributed by atoms with Crippen molar-refractivity contribution >= 4 is 39.3 Å². The number of oxazole rings is 1. The monoisotopic (exact) mass is 418 g/mol. The zero-order chi connectivity index (χ0) is 17.6. The maximum Gasteiger partial charge on any atom is 0.256 e. The molecule has 0 unspecified atom stereocenters. The highest BCUT2D eigenvalue weighted by Gasteiger charge is 2.10. The van der Waals surface area contributed by atoms with Gasteiger partial charge in [-0.1, -0.05) is 39.8 Å². The lowest BCUT2D eigenvalue weighted by Gasteiger charge is -2.05. The Morgan fingerprint density at radius 1 is 1.28 bits per heavy atom. The van der Waals surface area contributed by atoms with E-state index in [-0.39, 0.29) is 11.7 Å². The van der Waals surface area contributed by atoms with Gasteiger partial charge in [0.15, 0.2) is 5.76 Å². The van der Waals surface area contributed by atoms with Crippen LogP contribution in [0.4, 0.5) is 5.69 Å². The van der Waals surface area contributed by atoms with Crippen molar-refractivity contribution in [2.45, 2.75) is 5.22 Å². The molecule has 1 aromatic heterocycles. The van der Waals surface area contributed by atoms with Crippen molar-refractivity contribution in [1.29, 1.82) is 0 Å². The summed E-state index contributed by atoms with van der Waals surface area (Å²) in [5.41, 5.74) is 1.64. The third kappa shape index (κ3) is 4.87. The number of nitrogens with one attached hydrogen (secondary N) is 1. The number of thioether (sulfide) groups is 1. The molecule has 0 atom stereocenters. The molecule has 5 nitrogen and oxygen atoms in total. The third-order valence-corrected chi connectivity index (χ3v) is 4.63. The lowest BCUT2D eigenvalue weighted by molar-refractivity contribution is -0.113. The molecule has 0 aliphatic carbocycles. The molecule has 3 aromatic rings. The fraction of sp³-hybridized carbons (Fsp3) is 0.111. The van der Waals surface area contributed by atoms with E-state index in [9.17, 15) is 4.79 Å². The van der Waals surface area contributed by atoms with E-state index >= 15 is 0 Å². The number of nitrogens with zero attached hydrogens (tertiary/aromatic N) is 1. The molecule has 0 saturated heterocycles. The molecular weight excluding hydrogens is 404 g/mol. The fourth-order valence-electron chi connectivity index (χ4n) is 2.10. The molecule has 0 radical (unpaired) electrons. The van der Waals surface area contributed by atoms with Crippen LogP contribution in [-0.4, -0.2) is 23.8 Å². The Hall–Kier alpha value is -2.25. The van der Waals surface area contributed by atoms with Gasteiger partial charge in [0, 0.05) is 15.7 Å². The van der Waals surface area contributed by atoms with E-state index in [0.717, 1.165) is 15.8 Å². The molecule has 0 bridgehead atoms. The summed E-state index contributed by atoms with van der Waals surface area (Å²) in [5, 5.41) is 3.28. The van der Waals surface area contributed by atoms with Crippen LogP contribution < -0.4 is 10.1 Å². The number of carbonyl (C=O) groups is 1. The van der Waals surface area contributed by atoms with Crippen molar-refractivity contribution in [2.75, 3.05) is 18.2 Å². The van der Waals surface area contributed by atoms with Gasteiger partial charge in [0.2, 0.25) is 5.91 Å². The van der Waals surface area contributed by atoms with Gasteiger partial charge < -0.3 is 14.5 Å². The molecule has 3 rings (SSSR count). The van der Waals surface area contributed by atoms with Crippen LogP contribution in [-0.2, 0) is 4.79 Å². The second kappa shape index (κ2) is 8.22. The van der Waals surface area contributed by atoms with Gasteiger partial charge >= 0.3 is 0 Å². The number of aromatic nitrogens is 1. The summed E-state index contributed by atoms with van der Waals surface area (Å²) in [4.78, 5) is 16.2. The zero-order valence-corrected chi connectivity index (χ0v) is 15.8. The van der Waals surface area contributed by atoms with Gasteiger partial charge in [-0.3, -0.25) is 4.79 Å². The number of halogens is 1. The fourth-order valence-corrected chi connectivity index (χ4v) is 3.10. The van der Waals surface area contributed by atoms with E-state index in [1.165, 1.54) is 11.8 Å². The predicted molar refractivity (Wildman–Crippen MR) is 102 cm³/mol.